The molecule has 0 spiro atoms. The van der Waals surface area contributed by atoms with Crippen LogP contribution in [0.1, 0.15) is 52.4 Å². The van der Waals surface area contributed by atoms with Crippen molar-refractivity contribution >= 4 is 17.3 Å². The molecule has 0 saturated carbocycles. The Kier molecular flexibility index (Phi) is 8.34. The van der Waals surface area contributed by atoms with Crippen LogP contribution < -0.4 is 5.32 Å². The van der Waals surface area contributed by atoms with Crippen LogP contribution in [0.2, 0.25) is 0 Å². The first-order valence-corrected chi connectivity index (χ1v) is 7.82. The Morgan fingerprint density at radius 2 is 2.17 bits per heavy atom. The van der Waals surface area contributed by atoms with Gasteiger partial charge in [-0.2, -0.15) is 0 Å². The van der Waals surface area contributed by atoms with E-state index in [1.165, 1.54) is 32.1 Å². The third-order valence-electron chi connectivity index (χ3n) is 3.56. The Morgan fingerprint density at radius 1 is 1.33 bits per heavy atom. The molecular formula is C14H28N2OS. The Labute approximate surface area is 117 Å². The molecule has 0 amide bonds. The molecule has 106 valence electrons. The summed E-state index contributed by atoms with van der Waals surface area (Å²) in [7, 11) is 0. The number of hydrogen-bond donors (Lipinski definition) is 1. The first-order valence-electron chi connectivity index (χ1n) is 7.41. The minimum atomic E-state index is 0.638. The van der Waals surface area contributed by atoms with Gasteiger partial charge in [0.2, 0.25) is 0 Å². The highest BCUT2D eigenvalue weighted by molar-refractivity contribution is 7.80. The van der Waals surface area contributed by atoms with Gasteiger partial charge < -0.3 is 15.0 Å². The van der Waals surface area contributed by atoms with E-state index in [4.69, 9.17) is 17.0 Å². The summed E-state index contributed by atoms with van der Waals surface area (Å²) in [5.41, 5.74) is 0. The fourth-order valence-electron chi connectivity index (χ4n) is 2.48. The smallest absolute Gasteiger partial charge is 0.169 e. The molecule has 1 saturated heterocycles. The fraction of sp³-hybridized carbons (Fsp3) is 0.929. The van der Waals surface area contributed by atoms with Crippen LogP contribution in [0.15, 0.2) is 0 Å². The lowest BCUT2D eigenvalue weighted by Gasteiger charge is -2.32. The van der Waals surface area contributed by atoms with Gasteiger partial charge in [0, 0.05) is 32.3 Å². The van der Waals surface area contributed by atoms with Gasteiger partial charge in [0.25, 0.3) is 0 Å². The molecule has 0 aromatic rings. The molecule has 1 heterocycles. The second kappa shape index (κ2) is 9.56. The highest BCUT2D eigenvalue weighted by Gasteiger charge is 2.21. The lowest BCUT2D eigenvalue weighted by molar-refractivity contribution is 0.145. The van der Waals surface area contributed by atoms with Crippen LogP contribution in [0.5, 0.6) is 0 Å². The SMILES string of the molecule is CCOCCCNC(=S)N1CCCCCC1CC. The van der Waals surface area contributed by atoms with E-state index in [0.29, 0.717) is 6.04 Å². The zero-order chi connectivity index (χ0) is 13.2. The second-order valence-electron chi connectivity index (χ2n) is 4.89. The number of likely N-dealkylation sites (tertiary alicyclic amines) is 1. The standard InChI is InChI=1S/C14H28N2OS/c1-3-13-9-6-5-7-11-16(13)14(18)15-10-8-12-17-4-2/h13H,3-12H2,1-2H3,(H,15,18). The fourth-order valence-corrected chi connectivity index (χ4v) is 2.83. The van der Waals surface area contributed by atoms with Gasteiger partial charge in [-0.1, -0.05) is 19.8 Å². The van der Waals surface area contributed by atoms with Crippen molar-refractivity contribution in [2.75, 3.05) is 26.3 Å². The molecule has 1 aliphatic heterocycles. The molecule has 4 heteroatoms. The minimum Gasteiger partial charge on any atom is -0.382 e. The van der Waals surface area contributed by atoms with Gasteiger partial charge in [-0.15, -0.1) is 0 Å². The Bertz CT molecular complexity index is 236. The maximum absolute atomic E-state index is 5.53. The summed E-state index contributed by atoms with van der Waals surface area (Å²) in [5, 5.41) is 4.33. The van der Waals surface area contributed by atoms with Gasteiger partial charge in [-0.25, -0.2) is 0 Å². The van der Waals surface area contributed by atoms with Gasteiger partial charge in [0.1, 0.15) is 0 Å². The molecule has 0 bridgehead atoms. The Morgan fingerprint density at radius 3 is 2.89 bits per heavy atom. The van der Waals surface area contributed by atoms with E-state index in [0.717, 1.165) is 37.8 Å². The summed E-state index contributed by atoms with van der Waals surface area (Å²) in [6.45, 7) is 7.96. The quantitative estimate of drug-likeness (QED) is 0.593. The highest BCUT2D eigenvalue weighted by atomic mass is 32.1. The van der Waals surface area contributed by atoms with Crippen LogP contribution in [-0.2, 0) is 4.74 Å². The van der Waals surface area contributed by atoms with E-state index < -0.39 is 0 Å². The number of rotatable bonds is 6. The van der Waals surface area contributed by atoms with Gasteiger partial charge in [-0.05, 0) is 44.8 Å². The van der Waals surface area contributed by atoms with E-state index >= 15 is 0 Å². The summed E-state index contributed by atoms with van der Waals surface area (Å²) in [4.78, 5) is 2.41. The third kappa shape index (κ3) is 5.53. The number of nitrogens with zero attached hydrogens (tertiary/aromatic N) is 1. The summed E-state index contributed by atoms with van der Waals surface area (Å²) >= 11 is 5.53. The average Bonchev–Trinajstić information content (AvgIpc) is 2.63. The lowest BCUT2D eigenvalue weighted by atomic mass is 10.1. The van der Waals surface area contributed by atoms with Gasteiger partial charge in [-0.3, -0.25) is 0 Å². The topological polar surface area (TPSA) is 24.5 Å². The molecule has 1 unspecified atom stereocenters. The predicted molar refractivity (Wildman–Crippen MR) is 81.0 cm³/mol. The zero-order valence-electron chi connectivity index (χ0n) is 11.9. The van der Waals surface area contributed by atoms with Crippen LogP contribution >= 0.6 is 12.2 Å². The normalized spacial score (nSPS) is 20.6. The molecule has 0 radical (unpaired) electrons. The molecule has 3 nitrogen and oxygen atoms in total. The van der Waals surface area contributed by atoms with Crippen molar-refractivity contribution in [3.63, 3.8) is 0 Å². The molecule has 0 aromatic heterocycles. The van der Waals surface area contributed by atoms with Crippen LogP contribution in [0.25, 0.3) is 0 Å². The van der Waals surface area contributed by atoms with Crippen molar-refractivity contribution in [2.45, 2.75) is 58.4 Å². The van der Waals surface area contributed by atoms with Gasteiger partial charge >= 0.3 is 0 Å². The van der Waals surface area contributed by atoms with Crippen molar-refractivity contribution in [1.82, 2.24) is 10.2 Å². The minimum absolute atomic E-state index is 0.638. The van der Waals surface area contributed by atoms with Crippen LogP contribution in [0.4, 0.5) is 0 Å². The summed E-state index contributed by atoms with van der Waals surface area (Å²) in [5.74, 6) is 0. The second-order valence-corrected chi connectivity index (χ2v) is 5.27. The largest absolute Gasteiger partial charge is 0.382 e. The van der Waals surface area contributed by atoms with E-state index in [-0.39, 0.29) is 0 Å². The summed E-state index contributed by atoms with van der Waals surface area (Å²) < 4.78 is 5.33. The molecule has 1 aliphatic rings. The highest BCUT2D eigenvalue weighted by Crippen LogP contribution is 2.19. The molecule has 1 N–H and O–H groups in total. The Balaban J connectivity index is 2.28. The maximum atomic E-state index is 5.53. The number of thiocarbonyl (C=S) groups is 1. The van der Waals surface area contributed by atoms with E-state index in [9.17, 15) is 0 Å². The molecule has 1 rings (SSSR count). The molecule has 1 fully saturated rings. The number of hydrogen-bond acceptors (Lipinski definition) is 2. The van der Waals surface area contributed by atoms with E-state index in [2.05, 4.69) is 17.1 Å². The molecule has 0 aliphatic carbocycles. The number of ether oxygens (including phenoxy) is 1. The Hall–Kier alpha value is -0.350. The van der Waals surface area contributed by atoms with E-state index in [1.807, 2.05) is 6.92 Å². The van der Waals surface area contributed by atoms with Crippen molar-refractivity contribution in [3.8, 4) is 0 Å². The monoisotopic (exact) mass is 272 g/mol. The lowest BCUT2D eigenvalue weighted by Crippen LogP contribution is -2.45. The summed E-state index contributed by atoms with van der Waals surface area (Å²) in [6.07, 6.45) is 7.48. The van der Waals surface area contributed by atoms with Crippen LogP contribution in [0, 0.1) is 0 Å². The van der Waals surface area contributed by atoms with Crippen molar-refractivity contribution < 1.29 is 4.74 Å². The van der Waals surface area contributed by atoms with Crippen LogP contribution in [0.3, 0.4) is 0 Å². The zero-order valence-corrected chi connectivity index (χ0v) is 12.7. The van der Waals surface area contributed by atoms with Crippen molar-refractivity contribution in [2.24, 2.45) is 0 Å². The maximum Gasteiger partial charge on any atom is 0.169 e. The molecule has 0 aromatic carbocycles. The average molecular weight is 272 g/mol. The van der Waals surface area contributed by atoms with Crippen LogP contribution in [-0.4, -0.2) is 42.4 Å². The van der Waals surface area contributed by atoms with Gasteiger partial charge in [0.15, 0.2) is 5.11 Å². The van der Waals surface area contributed by atoms with Gasteiger partial charge in [0.05, 0.1) is 0 Å². The summed E-state index contributed by atoms with van der Waals surface area (Å²) in [6, 6.07) is 0.638. The molecule has 1 atom stereocenters. The predicted octanol–water partition coefficient (Wildman–Crippen LogP) is 2.94. The molecular weight excluding hydrogens is 244 g/mol. The third-order valence-corrected chi connectivity index (χ3v) is 3.93. The van der Waals surface area contributed by atoms with Crippen molar-refractivity contribution in [1.29, 1.82) is 0 Å². The van der Waals surface area contributed by atoms with E-state index in [1.54, 1.807) is 0 Å². The molecule has 18 heavy (non-hydrogen) atoms. The first-order chi connectivity index (χ1) is 8.79. The number of nitrogens with one attached hydrogen (secondary N) is 1. The van der Waals surface area contributed by atoms with Crippen molar-refractivity contribution in [3.05, 3.63) is 0 Å². The first kappa shape index (κ1) is 15.7.